The second-order valence-corrected chi connectivity index (χ2v) is 5.08. The summed E-state index contributed by atoms with van der Waals surface area (Å²) in [5, 5.41) is 4.45. The summed E-state index contributed by atoms with van der Waals surface area (Å²) in [6.45, 7) is 1.28. The van der Waals surface area contributed by atoms with Gasteiger partial charge in [0.1, 0.15) is 5.76 Å². The fourth-order valence-corrected chi connectivity index (χ4v) is 2.37. The molecule has 2 aromatic rings. The third kappa shape index (κ3) is 2.63. The summed E-state index contributed by atoms with van der Waals surface area (Å²) in [6, 6.07) is 7.38. The van der Waals surface area contributed by atoms with Crippen LogP contribution in [0.25, 0.3) is 0 Å². The Morgan fingerprint density at radius 2 is 2.16 bits per heavy atom. The van der Waals surface area contributed by atoms with Crippen molar-refractivity contribution in [1.29, 1.82) is 0 Å². The van der Waals surface area contributed by atoms with E-state index >= 15 is 0 Å². The molecule has 0 radical (unpaired) electrons. The lowest BCUT2D eigenvalue weighted by atomic mass is 10.1. The van der Waals surface area contributed by atoms with E-state index < -0.39 is 0 Å². The highest BCUT2D eigenvalue weighted by Crippen LogP contribution is 2.19. The first-order chi connectivity index (χ1) is 9.22. The van der Waals surface area contributed by atoms with Crippen LogP contribution in [0.5, 0.6) is 0 Å². The Balaban J connectivity index is 1.67. The monoisotopic (exact) mass is 276 g/mol. The van der Waals surface area contributed by atoms with E-state index in [0.29, 0.717) is 24.5 Å². The van der Waals surface area contributed by atoms with Crippen LogP contribution < -0.4 is 0 Å². The summed E-state index contributed by atoms with van der Waals surface area (Å²) < 4.78 is 5.11. The first kappa shape index (κ1) is 12.2. The predicted molar refractivity (Wildman–Crippen MR) is 70.8 cm³/mol. The summed E-state index contributed by atoms with van der Waals surface area (Å²) in [7, 11) is 0. The molecule has 0 atom stereocenters. The largest absolute Gasteiger partial charge is 0.361 e. The van der Waals surface area contributed by atoms with Gasteiger partial charge in [-0.3, -0.25) is 4.79 Å². The Bertz CT molecular complexity index is 592. The Morgan fingerprint density at radius 1 is 1.37 bits per heavy atom. The second kappa shape index (κ2) is 5.05. The van der Waals surface area contributed by atoms with Crippen molar-refractivity contribution >= 4 is 17.5 Å². The molecule has 19 heavy (non-hydrogen) atoms. The third-order valence-electron chi connectivity index (χ3n) is 3.32. The van der Waals surface area contributed by atoms with E-state index in [0.717, 1.165) is 23.3 Å². The highest BCUT2D eigenvalue weighted by molar-refractivity contribution is 6.30. The Morgan fingerprint density at radius 3 is 2.95 bits per heavy atom. The van der Waals surface area contributed by atoms with Crippen molar-refractivity contribution < 1.29 is 9.32 Å². The predicted octanol–water partition coefficient (Wildman–Crippen LogP) is 2.46. The molecule has 0 bridgehead atoms. The molecule has 1 aliphatic rings. The van der Waals surface area contributed by atoms with Crippen molar-refractivity contribution in [3.63, 3.8) is 0 Å². The van der Waals surface area contributed by atoms with Crippen LogP contribution in [-0.2, 0) is 24.2 Å². The number of benzene rings is 1. The zero-order chi connectivity index (χ0) is 13.2. The molecule has 98 valence electrons. The lowest BCUT2D eigenvalue weighted by Crippen LogP contribution is -2.36. The van der Waals surface area contributed by atoms with Gasteiger partial charge in [0.05, 0.1) is 19.2 Å². The molecule has 1 aromatic carbocycles. The average molecular weight is 277 g/mol. The fraction of sp³-hybridized carbons (Fsp3) is 0.286. The Kier molecular flexibility index (Phi) is 3.25. The van der Waals surface area contributed by atoms with Crippen molar-refractivity contribution in [3.05, 3.63) is 52.4 Å². The molecule has 1 aliphatic heterocycles. The van der Waals surface area contributed by atoms with Gasteiger partial charge in [-0.05, 0) is 17.7 Å². The van der Waals surface area contributed by atoms with Crippen molar-refractivity contribution in [2.24, 2.45) is 0 Å². The maximum Gasteiger partial charge on any atom is 0.227 e. The molecule has 0 N–H and O–H groups in total. The molecule has 4 nitrogen and oxygen atoms in total. The number of fused-ring (bicyclic) bond motifs is 1. The molecule has 1 amide bonds. The molecule has 2 heterocycles. The van der Waals surface area contributed by atoms with Crippen molar-refractivity contribution in [3.8, 4) is 0 Å². The van der Waals surface area contributed by atoms with E-state index in [1.54, 1.807) is 18.3 Å². The van der Waals surface area contributed by atoms with Gasteiger partial charge in [-0.2, -0.15) is 0 Å². The SMILES string of the molecule is O=C(Cc1ccc(Cl)cc1)N1CCc2oncc2C1. The van der Waals surface area contributed by atoms with Crippen molar-refractivity contribution in [2.45, 2.75) is 19.4 Å². The maximum absolute atomic E-state index is 12.2. The first-order valence-corrected chi connectivity index (χ1v) is 6.55. The van der Waals surface area contributed by atoms with Gasteiger partial charge in [-0.25, -0.2) is 0 Å². The molecular weight excluding hydrogens is 264 g/mol. The van der Waals surface area contributed by atoms with E-state index in [1.165, 1.54) is 0 Å². The Labute approximate surface area is 115 Å². The van der Waals surface area contributed by atoms with E-state index in [2.05, 4.69) is 5.16 Å². The van der Waals surface area contributed by atoms with Crippen LogP contribution in [0.4, 0.5) is 0 Å². The molecule has 3 rings (SSSR count). The van der Waals surface area contributed by atoms with Crippen LogP contribution in [0.1, 0.15) is 16.9 Å². The molecule has 0 fully saturated rings. The second-order valence-electron chi connectivity index (χ2n) is 4.64. The summed E-state index contributed by atoms with van der Waals surface area (Å²) in [4.78, 5) is 14.1. The van der Waals surface area contributed by atoms with E-state index in [9.17, 15) is 4.79 Å². The van der Waals surface area contributed by atoms with Gasteiger partial charge in [0.25, 0.3) is 0 Å². The number of halogens is 1. The quantitative estimate of drug-likeness (QED) is 0.846. The van der Waals surface area contributed by atoms with E-state index in [1.807, 2.05) is 17.0 Å². The third-order valence-corrected chi connectivity index (χ3v) is 3.57. The lowest BCUT2D eigenvalue weighted by molar-refractivity contribution is -0.131. The Hall–Kier alpha value is -1.81. The number of amides is 1. The van der Waals surface area contributed by atoms with Gasteiger partial charge in [-0.15, -0.1) is 0 Å². The zero-order valence-electron chi connectivity index (χ0n) is 10.3. The molecule has 0 unspecified atom stereocenters. The molecule has 0 spiro atoms. The summed E-state index contributed by atoms with van der Waals surface area (Å²) >= 11 is 5.83. The first-order valence-electron chi connectivity index (χ1n) is 6.17. The normalized spacial score (nSPS) is 14.3. The van der Waals surface area contributed by atoms with Crippen molar-refractivity contribution in [2.75, 3.05) is 6.54 Å². The van der Waals surface area contributed by atoms with Gasteiger partial charge >= 0.3 is 0 Å². The highest BCUT2D eigenvalue weighted by atomic mass is 35.5. The standard InChI is InChI=1S/C14H13ClN2O2/c15-12-3-1-10(2-4-12)7-14(18)17-6-5-13-11(9-17)8-16-19-13/h1-4,8H,5-7,9H2. The summed E-state index contributed by atoms with van der Waals surface area (Å²) in [5.74, 6) is 1.02. The number of carbonyl (C=O) groups is 1. The number of nitrogens with zero attached hydrogens (tertiary/aromatic N) is 2. The van der Waals surface area contributed by atoms with Gasteiger partial charge in [0, 0.05) is 23.6 Å². The topological polar surface area (TPSA) is 46.3 Å². The van der Waals surface area contributed by atoms with E-state index in [4.69, 9.17) is 16.1 Å². The number of rotatable bonds is 2. The van der Waals surface area contributed by atoms with Crippen LogP contribution >= 0.6 is 11.6 Å². The van der Waals surface area contributed by atoms with Crippen LogP contribution in [-0.4, -0.2) is 22.5 Å². The smallest absolute Gasteiger partial charge is 0.227 e. The molecule has 1 aromatic heterocycles. The number of hydrogen-bond donors (Lipinski definition) is 0. The minimum absolute atomic E-state index is 0.120. The lowest BCUT2D eigenvalue weighted by Gasteiger charge is -2.25. The van der Waals surface area contributed by atoms with Gasteiger partial charge in [-0.1, -0.05) is 28.9 Å². The fourth-order valence-electron chi connectivity index (χ4n) is 2.24. The van der Waals surface area contributed by atoms with Gasteiger partial charge < -0.3 is 9.42 Å². The maximum atomic E-state index is 12.2. The molecular formula is C14H13ClN2O2. The van der Waals surface area contributed by atoms with Gasteiger partial charge in [0.2, 0.25) is 5.91 Å². The van der Waals surface area contributed by atoms with Crippen LogP contribution in [0.2, 0.25) is 5.02 Å². The van der Waals surface area contributed by atoms with E-state index in [-0.39, 0.29) is 5.91 Å². The van der Waals surface area contributed by atoms with Crippen LogP contribution in [0.15, 0.2) is 35.0 Å². The summed E-state index contributed by atoms with van der Waals surface area (Å²) in [5.41, 5.74) is 1.99. The average Bonchev–Trinajstić information content (AvgIpc) is 2.88. The summed E-state index contributed by atoms with van der Waals surface area (Å²) in [6.07, 6.45) is 2.83. The molecule has 5 heteroatoms. The number of hydrogen-bond acceptors (Lipinski definition) is 3. The number of aromatic nitrogens is 1. The minimum atomic E-state index is 0.120. The number of carbonyl (C=O) groups excluding carboxylic acids is 1. The molecule has 0 saturated carbocycles. The highest BCUT2D eigenvalue weighted by Gasteiger charge is 2.23. The zero-order valence-corrected chi connectivity index (χ0v) is 11.1. The molecule has 0 saturated heterocycles. The minimum Gasteiger partial charge on any atom is -0.361 e. The van der Waals surface area contributed by atoms with Crippen LogP contribution in [0.3, 0.4) is 0 Å². The molecule has 0 aliphatic carbocycles. The van der Waals surface area contributed by atoms with Crippen LogP contribution in [0, 0.1) is 0 Å². The van der Waals surface area contributed by atoms with Crippen molar-refractivity contribution in [1.82, 2.24) is 10.1 Å². The van der Waals surface area contributed by atoms with Gasteiger partial charge in [0.15, 0.2) is 0 Å².